The van der Waals surface area contributed by atoms with Crippen molar-refractivity contribution in [3.05, 3.63) is 23.3 Å². The van der Waals surface area contributed by atoms with E-state index in [0.29, 0.717) is 30.4 Å². The van der Waals surface area contributed by atoms with Gasteiger partial charge in [-0.1, -0.05) is 19.1 Å². The molecule has 0 bridgehead atoms. The third-order valence-electron chi connectivity index (χ3n) is 5.36. The fraction of sp³-hybridized carbons (Fsp3) is 0.632. The van der Waals surface area contributed by atoms with Gasteiger partial charge in [-0.3, -0.25) is 14.4 Å². The van der Waals surface area contributed by atoms with Crippen LogP contribution in [-0.4, -0.2) is 30.8 Å². The van der Waals surface area contributed by atoms with Gasteiger partial charge < -0.3 is 10.1 Å². The van der Waals surface area contributed by atoms with Crippen molar-refractivity contribution in [2.45, 2.75) is 46.5 Å². The number of fused-ring (bicyclic) bond motifs is 1. The average molecular weight is 333 g/mol. The number of hydrogen-bond acceptors (Lipinski definition) is 4. The van der Waals surface area contributed by atoms with Crippen molar-refractivity contribution in [3.63, 3.8) is 0 Å². The summed E-state index contributed by atoms with van der Waals surface area (Å²) in [4.78, 5) is 35.7. The third kappa shape index (κ3) is 3.94. The number of carbonyl (C=O) groups is 3. The van der Waals surface area contributed by atoms with Crippen LogP contribution in [0.25, 0.3) is 0 Å². The summed E-state index contributed by atoms with van der Waals surface area (Å²) < 4.78 is 4.81. The summed E-state index contributed by atoms with van der Waals surface area (Å²) in [5.41, 5.74) is 2.57. The Hall–Kier alpha value is -1.91. The molecule has 0 heterocycles. The number of carbonyl (C=O) groups excluding carboxylic acids is 3. The molecule has 24 heavy (non-hydrogen) atoms. The van der Waals surface area contributed by atoms with Crippen LogP contribution in [-0.2, 0) is 19.1 Å². The standard InChI is InChI=1S/C19H27NO4/c1-5-24-18(22)10-20-19(23)12(3)14-7-6-11(2)15-9-17(21)13(4)16(15)8-14/h11,14-15H,3,5-10H2,1-2,4H3,(H,20,23)/t11?,14-,15?/m0/s1. The maximum Gasteiger partial charge on any atom is 0.325 e. The third-order valence-corrected chi connectivity index (χ3v) is 5.36. The predicted molar refractivity (Wildman–Crippen MR) is 91.1 cm³/mol. The molecule has 0 spiro atoms. The molecule has 1 amide bonds. The number of rotatable bonds is 5. The Morgan fingerprint density at radius 2 is 2.00 bits per heavy atom. The molecule has 0 aliphatic heterocycles. The summed E-state index contributed by atoms with van der Waals surface area (Å²) in [6.07, 6.45) is 3.19. The number of amides is 1. The van der Waals surface area contributed by atoms with E-state index in [4.69, 9.17) is 4.74 Å². The second-order valence-corrected chi connectivity index (χ2v) is 6.85. The Morgan fingerprint density at radius 3 is 2.67 bits per heavy atom. The highest BCUT2D eigenvalue weighted by atomic mass is 16.5. The second-order valence-electron chi connectivity index (χ2n) is 6.85. The first-order valence-corrected chi connectivity index (χ1v) is 8.70. The molecule has 2 unspecified atom stereocenters. The Balaban J connectivity index is 2.03. The van der Waals surface area contributed by atoms with Crippen molar-refractivity contribution in [1.82, 2.24) is 5.32 Å². The molecular weight excluding hydrogens is 306 g/mol. The number of hydrogen-bond donors (Lipinski definition) is 1. The number of esters is 1. The van der Waals surface area contributed by atoms with Crippen LogP contribution in [0.1, 0.15) is 46.5 Å². The fourth-order valence-electron chi connectivity index (χ4n) is 3.78. The molecule has 2 aliphatic rings. The molecule has 0 saturated heterocycles. The summed E-state index contributed by atoms with van der Waals surface area (Å²) >= 11 is 0. The van der Waals surface area contributed by atoms with E-state index in [-0.39, 0.29) is 24.2 Å². The van der Waals surface area contributed by atoms with Crippen LogP contribution in [0.4, 0.5) is 0 Å². The van der Waals surface area contributed by atoms with Gasteiger partial charge >= 0.3 is 5.97 Å². The molecule has 0 aromatic rings. The van der Waals surface area contributed by atoms with Gasteiger partial charge in [-0.05, 0) is 56.4 Å². The molecule has 1 fully saturated rings. The summed E-state index contributed by atoms with van der Waals surface area (Å²) in [5, 5.41) is 2.58. The van der Waals surface area contributed by atoms with Crippen molar-refractivity contribution in [2.24, 2.45) is 17.8 Å². The molecule has 5 heteroatoms. The molecule has 132 valence electrons. The Morgan fingerprint density at radius 1 is 1.29 bits per heavy atom. The monoisotopic (exact) mass is 333 g/mol. The zero-order valence-electron chi connectivity index (χ0n) is 14.8. The first-order chi connectivity index (χ1) is 11.3. The van der Waals surface area contributed by atoms with Crippen LogP contribution in [0, 0.1) is 17.8 Å². The highest BCUT2D eigenvalue weighted by Gasteiger charge is 2.37. The van der Waals surface area contributed by atoms with Gasteiger partial charge in [0.25, 0.3) is 0 Å². The zero-order valence-corrected chi connectivity index (χ0v) is 14.8. The molecule has 2 rings (SSSR count). The van der Waals surface area contributed by atoms with Crippen molar-refractivity contribution in [2.75, 3.05) is 13.2 Å². The van der Waals surface area contributed by atoms with E-state index in [1.54, 1.807) is 6.92 Å². The molecule has 0 aromatic heterocycles. The number of Topliss-reactive ketones (excluding diaryl/α,β-unsaturated/α-hetero) is 1. The minimum absolute atomic E-state index is 0.0236. The number of ketones is 1. The Kier molecular flexibility index (Phi) is 5.97. The molecule has 5 nitrogen and oxygen atoms in total. The highest BCUT2D eigenvalue weighted by Crippen LogP contribution is 2.45. The molecule has 1 saturated carbocycles. The SMILES string of the molecule is C=C(C(=O)NCC(=O)OCC)[C@H]1CCC(C)C2CC(=O)C(C)=C2C1. The lowest BCUT2D eigenvalue weighted by Crippen LogP contribution is -2.33. The van der Waals surface area contributed by atoms with Crippen LogP contribution < -0.4 is 5.32 Å². The zero-order chi connectivity index (χ0) is 17.9. The van der Waals surface area contributed by atoms with Crippen LogP contribution in [0.15, 0.2) is 23.3 Å². The van der Waals surface area contributed by atoms with Gasteiger partial charge in [0, 0.05) is 12.0 Å². The van der Waals surface area contributed by atoms with Crippen LogP contribution in [0.2, 0.25) is 0 Å². The maximum absolute atomic E-state index is 12.3. The van der Waals surface area contributed by atoms with E-state index in [0.717, 1.165) is 24.8 Å². The van der Waals surface area contributed by atoms with Crippen LogP contribution in [0.3, 0.4) is 0 Å². The maximum atomic E-state index is 12.3. The highest BCUT2D eigenvalue weighted by molar-refractivity contribution is 5.99. The topological polar surface area (TPSA) is 72.5 Å². The van der Waals surface area contributed by atoms with Crippen molar-refractivity contribution in [1.29, 1.82) is 0 Å². The van der Waals surface area contributed by atoms with Gasteiger partial charge in [0.05, 0.1) is 6.61 Å². The summed E-state index contributed by atoms with van der Waals surface area (Å²) in [7, 11) is 0. The molecule has 1 N–H and O–H groups in total. The Bertz CT molecular complexity index is 590. The quantitative estimate of drug-likeness (QED) is 0.620. The first-order valence-electron chi connectivity index (χ1n) is 8.70. The van der Waals surface area contributed by atoms with E-state index in [2.05, 4.69) is 18.8 Å². The summed E-state index contributed by atoms with van der Waals surface area (Å²) in [6, 6.07) is 0. The van der Waals surface area contributed by atoms with Crippen molar-refractivity contribution >= 4 is 17.7 Å². The fourth-order valence-corrected chi connectivity index (χ4v) is 3.78. The summed E-state index contributed by atoms with van der Waals surface area (Å²) in [5.74, 6) is 0.268. The van der Waals surface area contributed by atoms with Crippen LogP contribution >= 0.6 is 0 Å². The number of nitrogens with one attached hydrogen (secondary N) is 1. The van der Waals surface area contributed by atoms with E-state index < -0.39 is 5.97 Å². The van der Waals surface area contributed by atoms with Crippen molar-refractivity contribution < 1.29 is 19.1 Å². The molecule has 0 radical (unpaired) electrons. The van der Waals surface area contributed by atoms with E-state index in [1.807, 2.05) is 6.92 Å². The van der Waals surface area contributed by atoms with Gasteiger partial charge in [-0.25, -0.2) is 0 Å². The lowest BCUT2D eigenvalue weighted by Gasteiger charge is -2.19. The normalized spacial score (nSPS) is 26.6. The largest absolute Gasteiger partial charge is 0.465 e. The number of ether oxygens (including phenoxy) is 1. The Labute approximate surface area is 143 Å². The first kappa shape index (κ1) is 18.4. The lowest BCUT2D eigenvalue weighted by atomic mass is 9.86. The minimum atomic E-state index is -0.451. The van der Waals surface area contributed by atoms with E-state index >= 15 is 0 Å². The molecule has 2 aliphatic carbocycles. The van der Waals surface area contributed by atoms with Gasteiger partial charge in [0.2, 0.25) is 5.91 Å². The second kappa shape index (κ2) is 7.77. The van der Waals surface area contributed by atoms with Gasteiger partial charge in [-0.2, -0.15) is 0 Å². The summed E-state index contributed by atoms with van der Waals surface area (Å²) in [6.45, 7) is 9.91. The van der Waals surface area contributed by atoms with Crippen LogP contribution in [0.5, 0.6) is 0 Å². The van der Waals surface area contributed by atoms with E-state index in [1.165, 1.54) is 5.57 Å². The van der Waals surface area contributed by atoms with Gasteiger partial charge in [-0.15, -0.1) is 0 Å². The minimum Gasteiger partial charge on any atom is -0.465 e. The van der Waals surface area contributed by atoms with Gasteiger partial charge in [0.15, 0.2) is 5.78 Å². The van der Waals surface area contributed by atoms with Gasteiger partial charge in [0.1, 0.15) is 6.54 Å². The predicted octanol–water partition coefficient (Wildman–Crippen LogP) is 2.56. The molecule has 3 atom stereocenters. The van der Waals surface area contributed by atoms with Crippen molar-refractivity contribution in [3.8, 4) is 0 Å². The molecular formula is C19H27NO4. The molecule has 0 aromatic carbocycles. The average Bonchev–Trinajstić information content (AvgIpc) is 2.73. The number of allylic oxidation sites excluding steroid dienone is 2. The van der Waals surface area contributed by atoms with E-state index in [9.17, 15) is 14.4 Å². The smallest absolute Gasteiger partial charge is 0.325 e. The lowest BCUT2D eigenvalue weighted by molar-refractivity contribution is -0.143.